The van der Waals surface area contributed by atoms with E-state index >= 15 is 0 Å². The number of fused-ring (bicyclic) bond motifs is 2. The predicted octanol–water partition coefficient (Wildman–Crippen LogP) is 8.13. The molecular weight excluding hydrogens is 927 g/mol. The van der Waals surface area contributed by atoms with Crippen LogP contribution >= 0.6 is 0 Å². The summed E-state index contributed by atoms with van der Waals surface area (Å²) >= 11 is 0. The number of amides is 5. The van der Waals surface area contributed by atoms with E-state index in [1.807, 2.05) is 18.3 Å². The molecule has 2 unspecified atom stereocenters. The number of hydrogen-bond acceptors (Lipinski definition) is 12. The van der Waals surface area contributed by atoms with Crippen molar-refractivity contribution >= 4 is 58.4 Å². The van der Waals surface area contributed by atoms with E-state index in [1.165, 1.54) is 25.2 Å². The molecule has 0 aliphatic carbocycles. The van der Waals surface area contributed by atoms with Gasteiger partial charge >= 0.3 is 12.1 Å². The zero-order valence-electron chi connectivity index (χ0n) is 40.8. The first-order valence-corrected chi connectivity index (χ1v) is 23.9. The average Bonchev–Trinajstić information content (AvgIpc) is 3.95. The lowest BCUT2D eigenvalue weighted by Gasteiger charge is -2.42. The largest absolute Gasteiger partial charge is 0.493 e. The number of benzene rings is 3. The van der Waals surface area contributed by atoms with Crippen molar-refractivity contribution in [2.45, 2.75) is 69.9 Å². The second-order valence-corrected chi connectivity index (χ2v) is 17.6. The molecule has 0 radical (unpaired) electrons. The van der Waals surface area contributed by atoms with Gasteiger partial charge in [0.2, 0.25) is 5.91 Å². The Kier molecular flexibility index (Phi) is 16.1. The molecule has 2 saturated heterocycles. The van der Waals surface area contributed by atoms with Crippen molar-refractivity contribution in [1.29, 1.82) is 0 Å². The van der Waals surface area contributed by atoms with Crippen LogP contribution in [0.2, 0.25) is 0 Å². The molecule has 378 valence electrons. The van der Waals surface area contributed by atoms with Crippen LogP contribution in [0.25, 0.3) is 11.1 Å². The maximum absolute atomic E-state index is 14.3. The van der Waals surface area contributed by atoms with E-state index in [1.54, 1.807) is 95.0 Å². The number of hydrogen-bond donors (Lipinski definition) is 3. The Morgan fingerprint density at radius 2 is 1.47 bits per heavy atom. The first-order valence-electron chi connectivity index (χ1n) is 23.9. The van der Waals surface area contributed by atoms with Crippen LogP contribution in [0.5, 0.6) is 11.5 Å². The molecule has 2 aromatic heterocycles. The molecule has 19 nitrogen and oxygen atoms in total. The second kappa shape index (κ2) is 22.9. The van der Waals surface area contributed by atoms with Gasteiger partial charge in [-0.3, -0.25) is 19.2 Å². The van der Waals surface area contributed by atoms with Crippen LogP contribution in [0.1, 0.15) is 93.1 Å². The maximum atomic E-state index is 14.3. The molecule has 3 aliphatic heterocycles. The standard InChI is InChI=1S/C53H59N7O12/c1-6-24-71-53(66)60-41-30-45(44(67-4)29-39(41)50(64)59-23-9-7-12-40(59)51(60)72-47-14-8-10-25-70-47)69-26-11-13-46(61)54-38-28-43(58(3)32-38)49(63)56-36-19-15-33(16-20-36)35-27-42(57(2)31-35)48(62)55-37-21-17-34(18-22-37)52(65)68-5/h6,15-22,27-32,40,47,51H,1,7-14,23-26H2,2-5H3,(H,54,61)(H,55,62)(H,56,63)/t40-,47?,51?/m0/s1. The smallest absolute Gasteiger partial charge is 0.416 e. The summed E-state index contributed by atoms with van der Waals surface area (Å²) in [7, 11) is 6.24. The minimum Gasteiger partial charge on any atom is -0.493 e. The Morgan fingerprint density at radius 3 is 2.15 bits per heavy atom. The zero-order valence-corrected chi connectivity index (χ0v) is 40.8. The van der Waals surface area contributed by atoms with Gasteiger partial charge in [-0.1, -0.05) is 24.8 Å². The molecule has 3 aromatic carbocycles. The number of esters is 1. The molecule has 0 saturated carbocycles. The lowest BCUT2D eigenvalue weighted by Crippen LogP contribution is -2.57. The monoisotopic (exact) mass is 985 g/mol. The lowest BCUT2D eigenvalue weighted by molar-refractivity contribution is -0.198. The number of aromatic nitrogens is 2. The Hall–Kier alpha value is -7.90. The van der Waals surface area contributed by atoms with Crippen LogP contribution in [0, 0.1) is 0 Å². The van der Waals surface area contributed by atoms with Gasteiger partial charge in [-0.15, -0.1) is 0 Å². The molecule has 5 amide bonds. The molecule has 2 fully saturated rings. The maximum Gasteiger partial charge on any atom is 0.416 e. The Morgan fingerprint density at radius 1 is 0.778 bits per heavy atom. The van der Waals surface area contributed by atoms with Crippen LogP contribution < -0.4 is 30.3 Å². The van der Waals surface area contributed by atoms with Gasteiger partial charge in [-0.05, 0) is 105 Å². The van der Waals surface area contributed by atoms with Crippen molar-refractivity contribution in [3.63, 3.8) is 0 Å². The quantitative estimate of drug-likeness (QED) is 0.0458. The number of anilines is 4. The van der Waals surface area contributed by atoms with Gasteiger partial charge in [-0.2, -0.15) is 0 Å². The van der Waals surface area contributed by atoms with Crippen molar-refractivity contribution < 1.29 is 57.2 Å². The number of aryl methyl sites for hydroxylation is 2. The van der Waals surface area contributed by atoms with Crippen LogP contribution in [0.3, 0.4) is 0 Å². The molecule has 0 spiro atoms. The third kappa shape index (κ3) is 11.5. The van der Waals surface area contributed by atoms with E-state index in [9.17, 15) is 28.8 Å². The van der Waals surface area contributed by atoms with Gasteiger partial charge in [0.05, 0.1) is 49.4 Å². The number of methoxy groups -OCH3 is 2. The molecule has 5 aromatic rings. The highest BCUT2D eigenvalue weighted by atomic mass is 16.7. The highest BCUT2D eigenvalue weighted by Gasteiger charge is 2.47. The number of ether oxygens (including phenoxy) is 6. The first kappa shape index (κ1) is 50.5. The Balaban J connectivity index is 0.872. The summed E-state index contributed by atoms with van der Waals surface area (Å²) < 4.78 is 38.1. The van der Waals surface area contributed by atoms with Crippen molar-refractivity contribution in [2.24, 2.45) is 14.1 Å². The third-order valence-corrected chi connectivity index (χ3v) is 12.7. The molecule has 3 N–H and O–H groups in total. The van der Waals surface area contributed by atoms with Gasteiger partial charge < -0.3 is 58.4 Å². The lowest BCUT2D eigenvalue weighted by atomic mass is 10.00. The fraction of sp³-hybridized carbons (Fsp3) is 0.358. The Bertz CT molecular complexity index is 2810. The fourth-order valence-corrected chi connectivity index (χ4v) is 9.08. The summed E-state index contributed by atoms with van der Waals surface area (Å²) in [5.41, 5.74) is 4.67. The van der Waals surface area contributed by atoms with Gasteiger partial charge in [0.25, 0.3) is 17.7 Å². The van der Waals surface area contributed by atoms with Crippen molar-refractivity contribution in [3.8, 4) is 22.6 Å². The minimum atomic E-state index is -0.912. The number of carbonyl (C=O) groups is 6. The highest BCUT2D eigenvalue weighted by Crippen LogP contribution is 2.42. The topological polar surface area (TPSA) is 210 Å². The predicted molar refractivity (Wildman–Crippen MR) is 267 cm³/mol. The summed E-state index contributed by atoms with van der Waals surface area (Å²) in [5.74, 6) is -1.23. The van der Waals surface area contributed by atoms with Crippen LogP contribution in [0.15, 0.2) is 97.8 Å². The van der Waals surface area contributed by atoms with Gasteiger partial charge in [-0.25, -0.2) is 14.5 Å². The van der Waals surface area contributed by atoms with Crippen molar-refractivity contribution in [2.75, 3.05) is 61.4 Å². The summed E-state index contributed by atoms with van der Waals surface area (Å²) in [6, 6.07) is 19.6. The van der Waals surface area contributed by atoms with E-state index in [0.717, 1.165) is 36.8 Å². The van der Waals surface area contributed by atoms with Crippen LogP contribution in [0.4, 0.5) is 27.5 Å². The fourth-order valence-electron chi connectivity index (χ4n) is 9.08. The number of nitrogens with zero attached hydrogens (tertiary/aromatic N) is 4. The summed E-state index contributed by atoms with van der Waals surface area (Å²) in [6.07, 6.45) is 7.83. The summed E-state index contributed by atoms with van der Waals surface area (Å²) in [6.45, 7) is 4.74. The van der Waals surface area contributed by atoms with Crippen molar-refractivity contribution in [3.05, 3.63) is 120 Å². The SMILES string of the molecule is C=CCOC(=O)N1c2cc(OCCCC(=O)Nc3cc(C(=O)Nc4ccc(-c5cc(C(=O)Nc6ccc(C(=O)OC)cc6)n(C)c5)cc4)n(C)c3)c(OC)cc2C(=O)N2CCCC[C@H]2C1OC1CCCCO1. The van der Waals surface area contributed by atoms with E-state index in [0.29, 0.717) is 66.4 Å². The molecular formula is C53H59N7O12. The van der Waals surface area contributed by atoms with Crippen LogP contribution in [-0.4, -0.2) is 109 Å². The molecule has 3 aliphatic rings. The van der Waals surface area contributed by atoms with E-state index < -0.39 is 36.5 Å². The highest BCUT2D eigenvalue weighted by molar-refractivity contribution is 6.07. The molecule has 72 heavy (non-hydrogen) atoms. The summed E-state index contributed by atoms with van der Waals surface area (Å²) in [4.78, 5) is 82.9. The first-order chi connectivity index (χ1) is 34.8. The van der Waals surface area contributed by atoms with E-state index in [-0.39, 0.29) is 60.1 Å². The number of nitrogens with one attached hydrogen (secondary N) is 3. The average molecular weight is 986 g/mol. The van der Waals surface area contributed by atoms with Gasteiger partial charge in [0.15, 0.2) is 24.0 Å². The number of carbonyl (C=O) groups excluding carboxylic acids is 6. The number of rotatable bonds is 17. The van der Waals surface area contributed by atoms with E-state index in [2.05, 4.69) is 22.5 Å². The van der Waals surface area contributed by atoms with Gasteiger partial charge in [0.1, 0.15) is 18.0 Å². The van der Waals surface area contributed by atoms with Crippen molar-refractivity contribution in [1.82, 2.24) is 14.0 Å². The van der Waals surface area contributed by atoms with Gasteiger partial charge in [0, 0.05) is 69.1 Å². The van der Waals surface area contributed by atoms with E-state index in [4.69, 9.17) is 28.4 Å². The molecule has 5 heterocycles. The molecule has 0 bridgehead atoms. The zero-order chi connectivity index (χ0) is 50.9. The molecule has 3 atom stereocenters. The second-order valence-electron chi connectivity index (χ2n) is 17.6. The Labute approximate surface area is 416 Å². The third-order valence-electron chi connectivity index (χ3n) is 12.7. The van der Waals surface area contributed by atoms with Crippen LogP contribution in [-0.2, 0) is 37.8 Å². The molecule has 8 rings (SSSR count). The minimum absolute atomic E-state index is 0.0578. The number of piperidine rings is 1. The molecule has 19 heteroatoms. The summed E-state index contributed by atoms with van der Waals surface area (Å²) in [5, 5.41) is 8.60. The normalized spacial score (nSPS) is 17.4.